The summed E-state index contributed by atoms with van der Waals surface area (Å²) >= 11 is 0. The van der Waals surface area contributed by atoms with Gasteiger partial charge in [-0.1, -0.05) is 13.8 Å². The molecule has 7 heteroatoms. The highest BCUT2D eigenvalue weighted by molar-refractivity contribution is 5.82. The van der Waals surface area contributed by atoms with E-state index in [4.69, 9.17) is 0 Å². The third-order valence-electron chi connectivity index (χ3n) is 4.39. The monoisotopic (exact) mass is 355 g/mol. The molecule has 0 aliphatic carbocycles. The maximum Gasteiger partial charge on any atom is 0.249 e. The predicted molar refractivity (Wildman–Crippen MR) is 94.0 cm³/mol. The van der Waals surface area contributed by atoms with Crippen LogP contribution < -0.4 is 10.1 Å². The summed E-state index contributed by atoms with van der Waals surface area (Å²) < 4.78 is 29.4. The lowest BCUT2D eigenvalue weighted by Gasteiger charge is -2.05. The quantitative estimate of drug-likeness (QED) is 0.555. The SMILES string of the molecule is CC(C)c1nc2cc[n+](Cc3cc(=O)[nH]c4c(F)c(F)ccc34)cc2[nH]1. The molecule has 4 rings (SSSR count). The fourth-order valence-electron chi connectivity index (χ4n) is 3.06. The first kappa shape index (κ1) is 16.4. The number of nitrogens with zero attached hydrogens (tertiary/aromatic N) is 2. The number of aromatic amines is 2. The minimum Gasteiger partial charge on any atom is -0.337 e. The molecule has 0 unspecified atom stereocenters. The van der Waals surface area contributed by atoms with E-state index in [-0.39, 0.29) is 11.4 Å². The maximum absolute atomic E-state index is 14.0. The molecule has 0 amide bonds. The summed E-state index contributed by atoms with van der Waals surface area (Å²) in [6.07, 6.45) is 3.74. The summed E-state index contributed by atoms with van der Waals surface area (Å²) in [5.41, 5.74) is 1.76. The van der Waals surface area contributed by atoms with Gasteiger partial charge in [-0.25, -0.2) is 13.8 Å². The number of imidazole rings is 1. The van der Waals surface area contributed by atoms with E-state index in [0.717, 1.165) is 22.9 Å². The number of halogens is 2. The summed E-state index contributed by atoms with van der Waals surface area (Å²) in [6.45, 7) is 4.46. The third-order valence-corrected chi connectivity index (χ3v) is 4.39. The molecule has 0 aliphatic heterocycles. The van der Waals surface area contributed by atoms with Crippen molar-refractivity contribution in [1.29, 1.82) is 0 Å². The molecular formula is C19H17F2N4O+. The summed E-state index contributed by atoms with van der Waals surface area (Å²) in [5, 5.41) is 0.476. The zero-order valence-electron chi connectivity index (χ0n) is 14.3. The Labute approximate surface area is 147 Å². The Morgan fingerprint density at radius 3 is 2.77 bits per heavy atom. The van der Waals surface area contributed by atoms with Crippen molar-refractivity contribution < 1.29 is 13.3 Å². The van der Waals surface area contributed by atoms with Crippen LogP contribution in [0, 0.1) is 11.6 Å². The second kappa shape index (κ2) is 6.01. The van der Waals surface area contributed by atoms with Crippen LogP contribution in [0.5, 0.6) is 0 Å². The van der Waals surface area contributed by atoms with Gasteiger partial charge >= 0.3 is 0 Å². The normalized spacial score (nSPS) is 11.7. The van der Waals surface area contributed by atoms with Gasteiger partial charge in [-0.2, -0.15) is 4.57 Å². The van der Waals surface area contributed by atoms with Gasteiger partial charge in [0.25, 0.3) is 0 Å². The smallest absolute Gasteiger partial charge is 0.249 e. The van der Waals surface area contributed by atoms with Crippen LogP contribution in [0.4, 0.5) is 8.78 Å². The number of pyridine rings is 2. The van der Waals surface area contributed by atoms with E-state index in [9.17, 15) is 13.6 Å². The molecule has 2 N–H and O–H groups in total. The molecule has 0 atom stereocenters. The fraction of sp³-hybridized carbons (Fsp3) is 0.211. The number of aromatic nitrogens is 4. The molecular weight excluding hydrogens is 338 g/mol. The van der Waals surface area contributed by atoms with Crippen LogP contribution in [0.2, 0.25) is 0 Å². The molecule has 0 aliphatic rings. The topological polar surface area (TPSA) is 65.4 Å². The summed E-state index contributed by atoms with van der Waals surface area (Å²) in [6, 6.07) is 5.83. The molecule has 0 bridgehead atoms. The molecule has 1 aromatic carbocycles. The molecule has 4 aromatic rings. The lowest BCUT2D eigenvalue weighted by molar-refractivity contribution is -0.686. The van der Waals surface area contributed by atoms with Gasteiger partial charge in [0.1, 0.15) is 16.9 Å². The number of benzene rings is 1. The lowest BCUT2D eigenvalue weighted by atomic mass is 10.1. The van der Waals surface area contributed by atoms with E-state index in [0.29, 0.717) is 17.5 Å². The highest BCUT2D eigenvalue weighted by atomic mass is 19.2. The minimum atomic E-state index is -1.04. The van der Waals surface area contributed by atoms with Crippen molar-refractivity contribution in [2.75, 3.05) is 0 Å². The van der Waals surface area contributed by atoms with E-state index in [1.807, 2.05) is 23.0 Å². The zero-order chi connectivity index (χ0) is 18.4. The highest BCUT2D eigenvalue weighted by Gasteiger charge is 2.16. The molecule has 0 spiro atoms. The second-order valence-corrected chi connectivity index (χ2v) is 6.64. The number of H-pyrrole nitrogens is 2. The summed E-state index contributed by atoms with van der Waals surface area (Å²) in [5.74, 6) is -0.850. The van der Waals surface area contributed by atoms with Crippen LogP contribution in [0.3, 0.4) is 0 Å². The summed E-state index contributed by atoms with van der Waals surface area (Å²) in [7, 11) is 0. The van der Waals surface area contributed by atoms with Gasteiger partial charge in [0, 0.05) is 29.0 Å². The van der Waals surface area contributed by atoms with Crippen molar-refractivity contribution in [3.63, 3.8) is 0 Å². The first-order valence-corrected chi connectivity index (χ1v) is 8.31. The van der Waals surface area contributed by atoms with Crippen LogP contribution in [-0.2, 0) is 6.54 Å². The molecule has 3 heterocycles. The average molecular weight is 355 g/mol. The maximum atomic E-state index is 14.0. The number of fused-ring (bicyclic) bond motifs is 2. The van der Waals surface area contributed by atoms with Crippen molar-refractivity contribution >= 4 is 21.9 Å². The molecule has 0 radical (unpaired) electrons. The fourth-order valence-corrected chi connectivity index (χ4v) is 3.06. The third kappa shape index (κ3) is 2.75. The van der Waals surface area contributed by atoms with Crippen molar-refractivity contribution in [1.82, 2.24) is 15.0 Å². The zero-order valence-corrected chi connectivity index (χ0v) is 14.3. The number of hydrogen-bond donors (Lipinski definition) is 2. The Balaban J connectivity index is 1.81. The van der Waals surface area contributed by atoms with Gasteiger partial charge < -0.3 is 9.97 Å². The largest absolute Gasteiger partial charge is 0.337 e. The first-order valence-electron chi connectivity index (χ1n) is 8.31. The molecule has 26 heavy (non-hydrogen) atoms. The van der Waals surface area contributed by atoms with Gasteiger partial charge in [-0.15, -0.1) is 0 Å². The Morgan fingerprint density at radius 1 is 1.19 bits per heavy atom. The number of hydrogen-bond acceptors (Lipinski definition) is 2. The van der Waals surface area contributed by atoms with E-state index in [2.05, 4.69) is 28.8 Å². The molecule has 3 aromatic heterocycles. The average Bonchev–Trinajstić information content (AvgIpc) is 3.02. The van der Waals surface area contributed by atoms with Crippen molar-refractivity contribution in [2.24, 2.45) is 0 Å². The standard InChI is InChI=1S/C19H16F2N4O/c1-10(2)19-22-14-5-6-25(9-15(14)23-19)8-11-7-16(26)24-18-12(11)3-4-13(20)17(18)21/h3-7,9-10H,8H2,1-2H3,(H,24,26)/p+1. The lowest BCUT2D eigenvalue weighted by Crippen LogP contribution is -2.34. The van der Waals surface area contributed by atoms with Crippen LogP contribution in [0.15, 0.2) is 41.5 Å². The van der Waals surface area contributed by atoms with Gasteiger partial charge in [-0.3, -0.25) is 4.79 Å². The van der Waals surface area contributed by atoms with Crippen LogP contribution in [0.25, 0.3) is 21.9 Å². The summed E-state index contributed by atoms with van der Waals surface area (Å²) in [4.78, 5) is 22.1. The first-order chi connectivity index (χ1) is 12.4. The molecule has 0 saturated heterocycles. The van der Waals surface area contributed by atoms with Crippen LogP contribution in [-0.4, -0.2) is 15.0 Å². The van der Waals surface area contributed by atoms with Gasteiger partial charge in [0.2, 0.25) is 5.56 Å². The van der Waals surface area contributed by atoms with Crippen molar-refractivity contribution in [2.45, 2.75) is 26.3 Å². The predicted octanol–water partition coefficient (Wildman–Crippen LogP) is 3.14. The Bertz CT molecular complexity index is 1190. The number of rotatable bonds is 3. The Kier molecular flexibility index (Phi) is 3.79. The molecule has 0 saturated carbocycles. The Morgan fingerprint density at radius 2 is 2.00 bits per heavy atom. The van der Waals surface area contributed by atoms with Crippen LogP contribution in [0.1, 0.15) is 31.2 Å². The molecule has 132 valence electrons. The van der Waals surface area contributed by atoms with E-state index in [1.165, 1.54) is 12.1 Å². The van der Waals surface area contributed by atoms with Gasteiger partial charge in [0.15, 0.2) is 30.6 Å². The number of nitrogens with one attached hydrogen (secondary N) is 2. The van der Waals surface area contributed by atoms with Gasteiger partial charge in [-0.05, 0) is 12.1 Å². The molecule has 0 fully saturated rings. The molecule has 5 nitrogen and oxygen atoms in total. The van der Waals surface area contributed by atoms with E-state index in [1.54, 1.807) is 0 Å². The Hall–Kier alpha value is -3.09. The van der Waals surface area contributed by atoms with Crippen molar-refractivity contribution in [3.05, 3.63) is 70.0 Å². The minimum absolute atomic E-state index is 0.113. The second-order valence-electron chi connectivity index (χ2n) is 6.64. The van der Waals surface area contributed by atoms with E-state index >= 15 is 0 Å². The van der Waals surface area contributed by atoms with Crippen LogP contribution >= 0.6 is 0 Å². The van der Waals surface area contributed by atoms with Gasteiger partial charge in [0.05, 0.1) is 5.52 Å². The highest BCUT2D eigenvalue weighted by Crippen LogP contribution is 2.21. The van der Waals surface area contributed by atoms with E-state index < -0.39 is 17.2 Å². The van der Waals surface area contributed by atoms with Crippen molar-refractivity contribution in [3.8, 4) is 0 Å².